The van der Waals surface area contributed by atoms with Crippen molar-refractivity contribution in [1.29, 1.82) is 0 Å². The van der Waals surface area contributed by atoms with Gasteiger partial charge in [0.25, 0.3) is 0 Å². The van der Waals surface area contributed by atoms with E-state index < -0.39 is 0 Å². The molecule has 2 rings (SSSR count). The van der Waals surface area contributed by atoms with Gasteiger partial charge in [-0.3, -0.25) is 0 Å². The highest BCUT2D eigenvalue weighted by Gasteiger charge is 2.13. The van der Waals surface area contributed by atoms with Crippen LogP contribution >= 0.6 is 0 Å². The number of hydrogen-bond donors (Lipinski definition) is 1. The highest BCUT2D eigenvalue weighted by Crippen LogP contribution is 2.27. The van der Waals surface area contributed by atoms with Crippen molar-refractivity contribution in [2.45, 2.75) is 33.0 Å². The SMILES string of the molecule is COCc1cc2cccc(CN)c2n1C(C)C. The largest absolute Gasteiger partial charge is 0.378 e. The molecule has 0 saturated heterocycles. The van der Waals surface area contributed by atoms with Crippen LogP contribution in [0, 0.1) is 0 Å². The van der Waals surface area contributed by atoms with Crippen molar-refractivity contribution in [2.75, 3.05) is 7.11 Å². The molecule has 0 bridgehead atoms. The Hall–Kier alpha value is -1.32. The van der Waals surface area contributed by atoms with Gasteiger partial charge in [0, 0.05) is 30.8 Å². The summed E-state index contributed by atoms with van der Waals surface area (Å²) < 4.78 is 7.59. The maximum absolute atomic E-state index is 5.82. The fraction of sp³-hybridized carbons (Fsp3) is 0.429. The second kappa shape index (κ2) is 4.90. The van der Waals surface area contributed by atoms with Crippen molar-refractivity contribution in [2.24, 2.45) is 5.73 Å². The Labute approximate surface area is 102 Å². The van der Waals surface area contributed by atoms with Crippen molar-refractivity contribution < 1.29 is 4.74 Å². The molecule has 0 amide bonds. The molecule has 0 aliphatic carbocycles. The van der Waals surface area contributed by atoms with Gasteiger partial charge in [0.1, 0.15) is 0 Å². The van der Waals surface area contributed by atoms with Crippen LogP contribution in [0.3, 0.4) is 0 Å². The third-order valence-corrected chi connectivity index (χ3v) is 3.05. The van der Waals surface area contributed by atoms with Crippen LogP contribution in [0.1, 0.15) is 31.1 Å². The zero-order chi connectivity index (χ0) is 12.4. The number of nitrogens with zero attached hydrogens (tertiary/aromatic N) is 1. The Bertz CT molecular complexity index is 514. The molecule has 0 aliphatic rings. The molecular weight excluding hydrogens is 212 g/mol. The van der Waals surface area contributed by atoms with Gasteiger partial charge in [-0.2, -0.15) is 0 Å². The second-order valence-corrected chi connectivity index (χ2v) is 4.59. The molecule has 92 valence electrons. The normalized spacial score (nSPS) is 11.6. The molecule has 1 aromatic carbocycles. The number of fused-ring (bicyclic) bond motifs is 1. The molecule has 17 heavy (non-hydrogen) atoms. The van der Waals surface area contributed by atoms with Crippen molar-refractivity contribution in [3.05, 3.63) is 35.5 Å². The first-order valence-corrected chi connectivity index (χ1v) is 5.99. The van der Waals surface area contributed by atoms with Gasteiger partial charge in [-0.15, -0.1) is 0 Å². The summed E-state index contributed by atoms with van der Waals surface area (Å²) in [5.74, 6) is 0. The quantitative estimate of drug-likeness (QED) is 0.880. The van der Waals surface area contributed by atoms with Gasteiger partial charge in [0.2, 0.25) is 0 Å². The summed E-state index contributed by atoms with van der Waals surface area (Å²) in [7, 11) is 1.73. The molecule has 0 fully saturated rings. The molecule has 0 atom stereocenters. The summed E-state index contributed by atoms with van der Waals surface area (Å²) in [5, 5.41) is 1.24. The predicted molar refractivity (Wildman–Crippen MR) is 70.9 cm³/mol. The van der Waals surface area contributed by atoms with E-state index >= 15 is 0 Å². The van der Waals surface area contributed by atoms with E-state index in [0.717, 1.165) is 0 Å². The number of benzene rings is 1. The number of ether oxygens (including phenoxy) is 1. The van der Waals surface area contributed by atoms with E-state index in [9.17, 15) is 0 Å². The summed E-state index contributed by atoms with van der Waals surface area (Å²) in [6.45, 7) is 5.58. The van der Waals surface area contributed by atoms with Crippen LogP contribution in [-0.4, -0.2) is 11.7 Å². The second-order valence-electron chi connectivity index (χ2n) is 4.59. The first-order valence-electron chi connectivity index (χ1n) is 5.99. The molecule has 3 nitrogen and oxygen atoms in total. The predicted octanol–water partition coefficient (Wildman–Crippen LogP) is 2.83. The number of hydrogen-bond acceptors (Lipinski definition) is 2. The number of nitrogens with two attached hydrogens (primary N) is 1. The van der Waals surface area contributed by atoms with E-state index in [0.29, 0.717) is 19.2 Å². The van der Waals surface area contributed by atoms with E-state index in [4.69, 9.17) is 10.5 Å². The van der Waals surface area contributed by atoms with Crippen LogP contribution in [0.25, 0.3) is 10.9 Å². The molecule has 0 saturated carbocycles. The fourth-order valence-electron chi connectivity index (χ4n) is 2.43. The lowest BCUT2D eigenvalue weighted by molar-refractivity contribution is 0.177. The maximum Gasteiger partial charge on any atom is 0.0864 e. The van der Waals surface area contributed by atoms with E-state index in [1.807, 2.05) is 0 Å². The third-order valence-electron chi connectivity index (χ3n) is 3.05. The fourth-order valence-corrected chi connectivity index (χ4v) is 2.43. The van der Waals surface area contributed by atoms with Gasteiger partial charge >= 0.3 is 0 Å². The lowest BCUT2D eigenvalue weighted by atomic mass is 10.1. The number of rotatable bonds is 4. The summed E-state index contributed by atoms with van der Waals surface area (Å²) in [6, 6.07) is 8.89. The lowest BCUT2D eigenvalue weighted by Crippen LogP contribution is -2.08. The van der Waals surface area contributed by atoms with Gasteiger partial charge in [0.15, 0.2) is 0 Å². The molecule has 0 aliphatic heterocycles. The van der Waals surface area contributed by atoms with Crippen molar-refractivity contribution in [3.63, 3.8) is 0 Å². The molecule has 3 heteroatoms. The zero-order valence-corrected chi connectivity index (χ0v) is 10.7. The van der Waals surface area contributed by atoms with Crippen molar-refractivity contribution in [3.8, 4) is 0 Å². The van der Waals surface area contributed by atoms with Gasteiger partial charge in [0.05, 0.1) is 12.1 Å². The van der Waals surface area contributed by atoms with Gasteiger partial charge in [-0.25, -0.2) is 0 Å². The number of aromatic nitrogens is 1. The van der Waals surface area contributed by atoms with Crippen LogP contribution in [0.15, 0.2) is 24.3 Å². The van der Waals surface area contributed by atoms with Crippen LogP contribution in [0.4, 0.5) is 0 Å². The summed E-state index contributed by atoms with van der Waals surface area (Å²) in [5.41, 5.74) is 9.47. The van der Waals surface area contributed by atoms with Crippen LogP contribution in [-0.2, 0) is 17.9 Å². The molecule has 1 aromatic heterocycles. The molecule has 1 heterocycles. The van der Waals surface area contributed by atoms with Crippen LogP contribution in [0.2, 0.25) is 0 Å². The minimum Gasteiger partial charge on any atom is -0.378 e. The Morgan fingerprint density at radius 2 is 2.12 bits per heavy atom. The Kier molecular flexibility index (Phi) is 3.50. The lowest BCUT2D eigenvalue weighted by Gasteiger charge is -2.16. The molecule has 2 N–H and O–H groups in total. The van der Waals surface area contributed by atoms with Gasteiger partial charge in [-0.05, 0) is 25.5 Å². The maximum atomic E-state index is 5.82. The third kappa shape index (κ3) is 2.08. The highest BCUT2D eigenvalue weighted by atomic mass is 16.5. The van der Waals surface area contributed by atoms with E-state index in [-0.39, 0.29) is 0 Å². The number of para-hydroxylation sites is 1. The molecule has 2 aromatic rings. The Morgan fingerprint density at radius 3 is 2.71 bits per heavy atom. The first kappa shape index (κ1) is 12.1. The topological polar surface area (TPSA) is 40.2 Å². The average molecular weight is 232 g/mol. The smallest absolute Gasteiger partial charge is 0.0864 e. The van der Waals surface area contributed by atoms with Crippen LogP contribution in [0.5, 0.6) is 0 Å². The molecule has 0 unspecified atom stereocenters. The van der Waals surface area contributed by atoms with Gasteiger partial charge < -0.3 is 15.0 Å². The average Bonchev–Trinajstić information content (AvgIpc) is 2.67. The van der Waals surface area contributed by atoms with Crippen LogP contribution < -0.4 is 5.73 Å². The summed E-state index contributed by atoms with van der Waals surface area (Å²) in [4.78, 5) is 0. The Balaban J connectivity index is 2.72. The standard InChI is InChI=1S/C14H20N2O/c1-10(2)16-13(9-17-3)7-11-5-4-6-12(8-15)14(11)16/h4-7,10H,8-9,15H2,1-3H3. The zero-order valence-electron chi connectivity index (χ0n) is 10.7. The molecular formula is C14H20N2O. The molecule has 0 radical (unpaired) electrons. The minimum atomic E-state index is 0.408. The van der Waals surface area contributed by atoms with Gasteiger partial charge in [-0.1, -0.05) is 18.2 Å². The van der Waals surface area contributed by atoms with Crippen molar-refractivity contribution in [1.82, 2.24) is 4.57 Å². The Morgan fingerprint density at radius 1 is 1.35 bits per heavy atom. The highest BCUT2D eigenvalue weighted by molar-refractivity contribution is 5.84. The van der Waals surface area contributed by atoms with E-state index in [1.54, 1.807) is 7.11 Å². The first-order chi connectivity index (χ1) is 8.19. The minimum absolute atomic E-state index is 0.408. The summed E-state index contributed by atoms with van der Waals surface area (Å²) in [6.07, 6.45) is 0. The summed E-state index contributed by atoms with van der Waals surface area (Å²) >= 11 is 0. The number of methoxy groups -OCH3 is 1. The van der Waals surface area contributed by atoms with E-state index in [2.05, 4.69) is 42.7 Å². The van der Waals surface area contributed by atoms with E-state index in [1.165, 1.54) is 22.2 Å². The monoisotopic (exact) mass is 232 g/mol. The molecule has 0 spiro atoms. The van der Waals surface area contributed by atoms with Crippen molar-refractivity contribution >= 4 is 10.9 Å².